The molecule has 0 aromatic rings. The molecule has 0 saturated carbocycles. The zero-order valence-electron chi connectivity index (χ0n) is 6.40. The van der Waals surface area contributed by atoms with E-state index >= 15 is 0 Å². The minimum Gasteiger partial charge on any atom is -0.336 e. The Balaban J connectivity index is 3.12. The molecule has 0 atom stereocenters. The van der Waals surface area contributed by atoms with Crippen molar-refractivity contribution in [1.29, 1.82) is 0 Å². The van der Waals surface area contributed by atoms with Crippen molar-refractivity contribution >= 4 is 16.8 Å². The highest BCUT2D eigenvalue weighted by Gasteiger charge is 2.13. The van der Waals surface area contributed by atoms with Crippen molar-refractivity contribution in [3.8, 4) is 0 Å². The summed E-state index contributed by atoms with van der Waals surface area (Å²) in [4.78, 5) is 1.90. The van der Waals surface area contributed by atoms with Crippen LogP contribution >= 0.6 is 0 Å². The Hall–Kier alpha value is 0.102. The largest absolute Gasteiger partial charge is 0.349 e. The number of rotatable bonds is 5. The summed E-state index contributed by atoms with van der Waals surface area (Å²) < 4.78 is 24.0. The van der Waals surface area contributed by atoms with E-state index in [4.69, 9.17) is 0 Å². The highest BCUT2D eigenvalue weighted by molar-refractivity contribution is 6.62. The molecular weight excluding hydrogens is 151 g/mol. The van der Waals surface area contributed by atoms with Gasteiger partial charge in [-0.25, -0.2) is 0 Å². The summed E-state index contributed by atoms with van der Waals surface area (Å²) in [5, 5.41) is 0. The van der Waals surface area contributed by atoms with Crippen LogP contribution in [0, 0.1) is 0 Å². The lowest BCUT2D eigenvalue weighted by molar-refractivity contribution is 0.429. The van der Waals surface area contributed by atoms with Gasteiger partial charge in [0, 0.05) is 0 Å². The molecule has 0 aromatic carbocycles. The molecule has 0 aromatic heterocycles. The second-order valence-corrected chi connectivity index (χ2v) is 3.20. The van der Waals surface area contributed by atoms with Gasteiger partial charge in [0.25, 0.3) is 9.85 Å². The average Bonchev–Trinajstić information content (AvgIpc) is 1.85. The first-order valence-electron chi connectivity index (χ1n) is 3.29. The summed E-state index contributed by atoms with van der Waals surface area (Å²) in [6.45, 7) is -0.253. The molecule has 0 aliphatic heterocycles. The fourth-order valence-corrected chi connectivity index (χ4v) is 0.956. The molecule has 1 nitrogen and oxygen atoms in total. The lowest BCUT2D eigenvalue weighted by Gasteiger charge is -2.08. The molecule has 5 heteroatoms. The van der Waals surface area contributed by atoms with Crippen LogP contribution in [0.2, 0.25) is 12.3 Å². The summed E-state index contributed by atoms with van der Waals surface area (Å²) >= 11 is 0. The third kappa shape index (κ3) is 6.23. The topological polar surface area (TPSA) is 3.24 Å². The Kier molecular flexibility index (Phi) is 5.91. The van der Waals surface area contributed by atoms with Crippen LogP contribution in [0.3, 0.4) is 0 Å². The summed E-state index contributed by atoms with van der Waals surface area (Å²) in [5.74, 6) is 0.0772. The third-order valence-electron chi connectivity index (χ3n) is 1.19. The standard InChI is InChI=1S/C5H12BF2NSi/c1-9(2)4-3-6(7)5-10-8/h3-5H2,1-2H3. The van der Waals surface area contributed by atoms with E-state index in [1.165, 1.54) is 0 Å². The van der Waals surface area contributed by atoms with Crippen LogP contribution in [0.25, 0.3) is 0 Å². The minimum absolute atomic E-state index is 0.0772. The minimum atomic E-state index is -0.953. The van der Waals surface area contributed by atoms with E-state index in [2.05, 4.69) is 0 Å². The fraction of sp³-hybridized carbons (Fsp3) is 1.00. The molecule has 0 heterocycles. The molecule has 58 valence electrons. The van der Waals surface area contributed by atoms with Crippen LogP contribution in [0.1, 0.15) is 0 Å². The molecule has 0 N–H and O–H groups in total. The predicted octanol–water partition coefficient (Wildman–Crippen LogP) is 1.06. The Labute approximate surface area is 63.9 Å². The van der Waals surface area contributed by atoms with Crippen molar-refractivity contribution in [3.05, 3.63) is 0 Å². The summed E-state index contributed by atoms with van der Waals surface area (Å²) in [7, 11) is 3.01. The third-order valence-corrected chi connectivity index (χ3v) is 1.79. The van der Waals surface area contributed by atoms with Crippen molar-refractivity contribution in [1.82, 2.24) is 4.90 Å². The molecule has 0 unspecified atom stereocenters. The number of hydrogen-bond donors (Lipinski definition) is 0. The first-order valence-corrected chi connectivity index (χ1v) is 4.37. The quantitative estimate of drug-likeness (QED) is 0.432. The Morgan fingerprint density at radius 3 is 2.50 bits per heavy atom. The highest BCUT2D eigenvalue weighted by Crippen LogP contribution is 2.00. The van der Waals surface area contributed by atoms with Crippen molar-refractivity contribution in [2.45, 2.75) is 12.3 Å². The second kappa shape index (κ2) is 5.85. The first kappa shape index (κ1) is 10.1. The molecule has 0 aliphatic rings. The fourth-order valence-electron chi connectivity index (χ4n) is 0.584. The van der Waals surface area contributed by atoms with E-state index in [0.717, 1.165) is 0 Å². The predicted molar refractivity (Wildman–Crippen MR) is 41.9 cm³/mol. The Morgan fingerprint density at radius 1 is 1.50 bits per heavy atom. The average molecular weight is 163 g/mol. The number of nitrogens with zero attached hydrogens (tertiary/aromatic N) is 1. The monoisotopic (exact) mass is 163 g/mol. The lowest BCUT2D eigenvalue weighted by atomic mass is 9.71. The van der Waals surface area contributed by atoms with Crippen LogP contribution in [0.5, 0.6) is 0 Å². The molecule has 10 heavy (non-hydrogen) atoms. The van der Waals surface area contributed by atoms with E-state index in [1.807, 2.05) is 19.0 Å². The molecule has 0 fully saturated rings. The Bertz CT molecular complexity index is 84.0. The molecule has 0 bridgehead atoms. The van der Waals surface area contributed by atoms with Gasteiger partial charge in [0.2, 0.25) is 0 Å². The van der Waals surface area contributed by atoms with Gasteiger partial charge < -0.3 is 13.3 Å². The molecular formula is C5H12BF2NSi. The van der Waals surface area contributed by atoms with Crippen molar-refractivity contribution in [2.24, 2.45) is 0 Å². The lowest BCUT2D eigenvalue weighted by Crippen LogP contribution is -2.19. The van der Waals surface area contributed by atoms with Crippen molar-refractivity contribution in [2.75, 3.05) is 20.6 Å². The molecule has 2 radical (unpaired) electrons. The van der Waals surface area contributed by atoms with Crippen LogP contribution in [0.15, 0.2) is 0 Å². The van der Waals surface area contributed by atoms with E-state index in [-0.39, 0.29) is 5.94 Å². The van der Waals surface area contributed by atoms with E-state index in [9.17, 15) is 8.42 Å². The molecule has 0 rings (SSSR count). The maximum absolute atomic E-state index is 12.5. The number of halogens is 2. The van der Waals surface area contributed by atoms with Gasteiger partial charge in [-0.2, -0.15) is 0 Å². The van der Waals surface area contributed by atoms with Gasteiger partial charge in [-0.3, -0.25) is 0 Å². The first-order chi connectivity index (χ1) is 4.66. The van der Waals surface area contributed by atoms with Gasteiger partial charge in [-0.1, -0.05) is 0 Å². The maximum Gasteiger partial charge on any atom is 0.349 e. The van der Waals surface area contributed by atoms with Crippen LogP contribution in [-0.2, 0) is 0 Å². The SMILES string of the molecule is CN(C)CCB(F)C[Si]F. The van der Waals surface area contributed by atoms with Crippen molar-refractivity contribution < 1.29 is 8.42 Å². The number of hydrogen-bond acceptors (Lipinski definition) is 1. The van der Waals surface area contributed by atoms with Gasteiger partial charge in [0.15, 0.2) is 0 Å². The zero-order valence-corrected chi connectivity index (χ0v) is 7.40. The van der Waals surface area contributed by atoms with Gasteiger partial charge >= 0.3 is 6.99 Å². The molecule has 0 aliphatic carbocycles. The summed E-state index contributed by atoms with van der Waals surface area (Å²) in [5.41, 5.74) is 0. The van der Waals surface area contributed by atoms with Crippen LogP contribution in [-0.4, -0.2) is 42.4 Å². The molecule has 0 amide bonds. The normalized spacial score (nSPS) is 10.5. The summed E-state index contributed by atoms with van der Waals surface area (Å²) in [6, 6.07) is 0. The van der Waals surface area contributed by atoms with Gasteiger partial charge in [0.1, 0.15) is 0 Å². The maximum atomic E-state index is 12.5. The van der Waals surface area contributed by atoms with Gasteiger partial charge in [0.05, 0.1) is 0 Å². The Morgan fingerprint density at radius 2 is 2.10 bits per heavy atom. The van der Waals surface area contributed by atoms with E-state index in [1.54, 1.807) is 0 Å². The highest BCUT2D eigenvalue weighted by atomic mass is 28.3. The van der Waals surface area contributed by atoms with Crippen molar-refractivity contribution in [3.63, 3.8) is 0 Å². The van der Waals surface area contributed by atoms with E-state index in [0.29, 0.717) is 12.9 Å². The van der Waals surface area contributed by atoms with Crippen LogP contribution in [0.4, 0.5) is 8.42 Å². The second-order valence-electron chi connectivity index (χ2n) is 2.53. The smallest absolute Gasteiger partial charge is 0.336 e. The van der Waals surface area contributed by atoms with Crippen LogP contribution < -0.4 is 0 Å². The van der Waals surface area contributed by atoms with Gasteiger partial charge in [-0.05, 0) is 32.9 Å². The van der Waals surface area contributed by atoms with E-state index < -0.39 is 16.8 Å². The molecule has 0 spiro atoms. The zero-order chi connectivity index (χ0) is 7.98. The van der Waals surface area contributed by atoms with Gasteiger partial charge in [-0.15, -0.1) is 0 Å². The molecule has 0 saturated heterocycles. The summed E-state index contributed by atoms with van der Waals surface area (Å²) in [6.07, 6.45) is 0.448.